The van der Waals surface area contributed by atoms with Crippen molar-refractivity contribution in [3.05, 3.63) is 36.0 Å². The van der Waals surface area contributed by atoms with E-state index in [0.29, 0.717) is 19.4 Å². The molecule has 0 spiro atoms. The molecule has 1 fully saturated rings. The second kappa shape index (κ2) is 11.0. The van der Waals surface area contributed by atoms with Crippen LogP contribution in [0.2, 0.25) is 0 Å². The molecule has 2 heterocycles. The standard InChI is InChI=1S/C25H35N5O6/c1-14(31)20(21(26)32)29-22(33)18(12-15-13-27-17-9-6-5-8-16(15)17)28-23(34)19-10-7-11-30(19)24(35)36-25(2,3)4/h5-6,8-9,13-14,18-20,27,31H,7,10-12H2,1-4H3,(H2,26,32)(H,28,34)(H,29,33)/t14-,18+,19?,20+/m1/s1. The van der Waals surface area contributed by atoms with Crippen LogP contribution in [0.4, 0.5) is 4.79 Å². The van der Waals surface area contributed by atoms with Crippen molar-refractivity contribution in [3.8, 4) is 0 Å². The Balaban J connectivity index is 1.83. The molecule has 0 bridgehead atoms. The normalized spacial score (nSPS) is 18.4. The first-order valence-corrected chi connectivity index (χ1v) is 12.0. The lowest BCUT2D eigenvalue weighted by molar-refractivity contribution is -0.134. The summed E-state index contributed by atoms with van der Waals surface area (Å²) in [6, 6.07) is 4.28. The van der Waals surface area contributed by atoms with Gasteiger partial charge in [0.25, 0.3) is 0 Å². The molecule has 11 nitrogen and oxygen atoms in total. The molecule has 1 aliphatic heterocycles. The minimum Gasteiger partial charge on any atom is -0.444 e. The number of likely N-dealkylation sites (tertiary alicyclic amines) is 1. The number of aliphatic hydroxyl groups is 1. The van der Waals surface area contributed by atoms with E-state index in [1.807, 2.05) is 24.3 Å². The van der Waals surface area contributed by atoms with Crippen molar-refractivity contribution in [3.63, 3.8) is 0 Å². The van der Waals surface area contributed by atoms with Gasteiger partial charge in [-0.1, -0.05) is 18.2 Å². The van der Waals surface area contributed by atoms with Crippen molar-refractivity contribution in [1.82, 2.24) is 20.5 Å². The van der Waals surface area contributed by atoms with Gasteiger partial charge in [-0.3, -0.25) is 19.3 Å². The van der Waals surface area contributed by atoms with Crippen LogP contribution in [0.15, 0.2) is 30.5 Å². The van der Waals surface area contributed by atoms with Crippen molar-refractivity contribution in [2.24, 2.45) is 5.73 Å². The van der Waals surface area contributed by atoms with Crippen LogP contribution in [0, 0.1) is 0 Å². The van der Waals surface area contributed by atoms with E-state index < -0.39 is 53.6 Å². The zero-order valence-electron chi connectivity index (χ0n) is 21.0. The van der Waals surface area contributed by atoms with Crippen LogP contribution in [0.5, 0.6) is 0 Å². The zero-order valence-corrected chi connectivity index (χ0v) is 21.0. The van der Waals surface area contributed by atoms with E-state index in [2.05, 4.69) is 15.6 Å². The van der Waals surface area contributed by atoms with Gasteiger partial charge in [-0.15, -0.1) is 0 Å². The number of aliphatic hydroxyl groups excluding tert-OH is 1. The van der Waals surface area contributed by atoms with Crippen molar-refractivity contribution in [2.75, 3.05) is 6.54 Å². The predicted molar refractivity (Wildman–Crippen MR) is 133 cm³/mol. The Morgan fingerprint density at radius 3 is 2.56 bits per heavy atom. The number of ether oxygens (including phenoxy) is 1. The van der Waals surface area contributed by atoms with Crippen molar-refractivity contribution >= 4 is 34.7 Å². The highest BCUT2D eigenvalue weighted by molar-refractivity contribution is 5.94. The molecule has 11 heteroatoms. The second-order valence-corrected chi connectivity index (χ2v) is 10.1. The maximum Gasteiger partial charge on any atom is 0.410 e. The number of fused-ring (bicyclic) bond motifs is 1. The highest BCUT2D eigenvalue weighted by Gasteiger charge is 2.38. The van der Waals surface area contributed by atoms with Gasteiger partial charge in [0, 0.05) is 30.1 Å². The molecule has 6 N–H and O–H groups in total. The number of benzene rings is 1. The molecule has 4 amide bonds. The molecule has 4 atom stereocenters. The lowest BCUT2D eigenvalue weighted by Crippen LogP contribution is -2.58. The third kappa shape index (κ3) is 6.54. The van der Waals surface area contributed by atoms with Gasteiger partial charge in [0.15, 0.2) is 0 Å². The summed E-state index contributed by atoms with van der Waals surface area (Å²) in [5, 5.41) is 16.0. The van der Waals surface area contributed by atoms with Crippen LogP contribution in [0.25, 0.3) is 10.9 Å². The highest BCUT2D eigenvalue weighted by atomic mass is 16.6. The monoisotopic (exact) mass is 501 g/mol. The fourth-order valence-electron chi connectivity index (χ4n) is 4.26. The zero-order chi connectivity index (χ0) is 26.6. The number of nitrogens with one attached hydrogen (secondary N) is 3. The van der Waals surface area contributed by atoms with Gasteiger partial charge in [-0.05, 0) is 52.2 Å². The summed E-state index contributed by atoms with van der Waals surface area (Å²) < 4.78 is 5.44. The Morgan fingerprint density at radius 2 is 1.92 bits per heavy atom. The topological polar surface area (TPSA) is 167 Å². The number of rotatable bonds is 8. The SMILES string of the molecule is C[C@@H](O)[C@H](NC(=O)[C@H](Cc1c[nH]c2ccccc12)NC(=O)C1CCCN1C(=O)OC(C)(C)C)C(N)=O. The van der Waals surface area contributed by atoms with Gasteiger partial charge in [0.2, 0.25) is 17.7 Å². The quantitative estimate of drug-likeness (QED) is 0.361. The number of aromatic amines is 1. The molecule has 0 radical (unpaired) electrons. The van der Waals surface area contributed by atoms with Crippen molar-refractivity contribution < 1.29 is 29.0 Å². The smallest absolute Gasteiger partial charge is 0.410 e. The summed E-state index contributed by atoms with van der Waals surface area (Å²) in [4.78, 5) is 55.4. The molecule has 2 aromatic rings. The van der Waals surface area contributed by atoms with E-state index in [-0.39, 0.29) is 6.42 Å². The third-order valence-corrected chi connectivity index (χ3v) is 6.00. The molecular formula is C25H35N5O6. The van der Waals surface area contributed by atoms with Crippen LogP contribution in [0.3, 0.4) is 0 Å². The van der Waals surface area contributed by atoms with Crippen molar-refractivity contribution in [1.29, 1.82) is 0 Å². The molecule has 1 aromatic heterocycles. The summed E-state index contributed by atoms with van der Waals surface area (Å²) in [6.07, 6.45) is 1.06. The van der Waals surface area contributed by atoms with Crippen molar-refractivity contribution in [2.45, 2.75) is 76.8 Å². The Bertz CT molecular complexity index is 1120. The second-order valence-electron chi connectivity index (χ2n) is 10.1. The summed E-state index contributed by atoms with van der Waals surface area (Å²) in [7, 11) is 0. The molecule has 196 valence electrons. The molecule has 1 unspecified atom stereocenters. The number of amides is 4. The van der Waals surface area contributed by atoms with Gasteiger partial charge >= 0.3 is 6.09 Å². The number of H-pyrrole nitrogens is 1. The first kappa shape index (κ1) is 27.0. The summed E-state index contributed by atoms with van der Waals surface area (Å²) in [6.45, 7) is 6.93. The molecule has 36 heavy (non-hydrogen) atoms. The highest BCUT2D eigenvalue weighted by Crippen LogP contribution is 2.22. The van der Waals surface area contributed by atoms with Crippen LogP contribution < -0.4 is 16.4 Å². The van der Waals surface area contributed by atoms with Gasteiger partial charge in [0.1, 0.15) is 23.7 Å². The average molecular weight is 502 g/mol. The molecule has 0 aliphatic carbocycles. The van der Waals surface area contributed by atoms with Gasteiger partial charge in [-0.2, -0.15) is 0 Å². The minimum absolute atomic E-state index is 0.103. The van der Waals surface area contributed by atoms with Gasteiger partial charge in [0.05, 0.1) is 6.10 Å². The molecule has 1 saturated heterocycles. The number of aromatic nitrogens is 1. The van der Waals surface area contributed by atoms with E-state index >= 15 is 0 Å². The Hall–Kier alpha value is -3.60. The maximum atomic E-state index is 13.3. The third-order valence-electron chi connectivity index (χ3n) is 6.00. The van der Waals surface area contributed by atoms with Crippen LogP contribution in [-0.2, 0) is 25.5 Å². The van der Waals surface area contributed by atoms with Crippen LogP contribution >= 0.6 is 0 Å². The first-order chi connectivity index (χ1) is 16.9. The maximum absolute atomic E-state index is 13.3. The Kier molecular flexibility index (Phi) is 8.24. The van der Waals surface area contributed by atoms with Crippen LogP contribution in [-0.4, -0.2) is 75.2 Å². The molecular weight excluding hydrogens is 466 g/mol. The van der Waals surface area contributed by atoms with E-state index in [4.69, 9.17) is 10.5 Å². The van der Waals surface area contributed by atoms with E-state index in [9.17, 15) is 24.3 Å². The predicted octanol–water partition coefficient (Wildman–Crippen LogP) is 0.946. The number of nitrogens with zero attached hydrogens (tertiary/aromatic N) is 1. The van der Waals surface area contributed by atoms with E-state index in [1.54, 1.807) is 27.0 Å². The van der Waals surface area contributed by atoms with E-state index in [1.165, 1.54) is 11.8 Å². The number of carbonyl (C=O) groups excluding carboxylic acids is 4. The first-order valence-electron chi connectivity index (χ1n) is 12.0. The fraction of sp³-hybridized carbons (Fsp3) is 0.520. The fourth-order valence-corrected chi connectivity index (χ4v) is 4.26. The number of para-hydroxylation sites is 1. The molecule has 0 saturated carbocycles. The lowest BCUT2D eigenvalue weighted by Gasteiger charge is -2.29. The largest absolute Gasteiger partial charge is 0.444 e. The molecule has 1 aliphatic rings. The summed E-state index contributed by atoms with van der Waals surface area (Å²) >= 11 is 0. The Morgan fingerprint density at radius 1 is 1.22 bits per heavy atom. The molecule has 1 aromatic carbocycles. The number of hydrogen-bond donors (Lipinski definition) is 5. The Labute approximate surface area is 209 Å². The average Bonchev–Trinajstić information content (AvgIpc) is 3.43. The summed E-state index contributed by atoms with van der Waals surface area (Å²) in [5.74, 6) is -2.09. The number of nitrogens with two attached hydrogens (primary N) is 1. The lowest BCUT2D eigenvalue weighted by atomic mass is 10.0. The molecule has 3 rings (SSSR count). The van der Waals surface area contributed by atoms with E-state index in [0.717, 1.165) is 16.5 Å². The summed E-state index contributed by atoms with van der Waals surface area (Å²) in [5.41, 5.74) is 6.25. The minimum atomic E-state index is -1.33. The van der Waals surface area contributed by atoms with Crippen LogP contribution in [0.1, 0.15) is 46.1 Å². The van der Waals surface area contributed by atoms with Gasteiger partial charge < -0.3 is 31.2 Å². The van der Waals surface area contributed by atoms with Gasteiger partial charge in [-0.25, -0.2) is 4.79 Å². The number of carbonyl (C=O) groups is 4. The number of primary amides is 1. The number of hydrogen-bond acceptors (Lipinski definition) is 6.